The summed E-state index contributed by atoms with van der Waals surface area (Å²) in [5, 5.41) is 0. The van der Waals surface area contributed by atoms with E-state index in [9.17, 15) is 8.42 Å². The van der Waals surface area contributed by atoms with E-state index in [-0.39, 0.29) is 29.5 Å². The second-order valence-corrected chi connectivity index (χ2v) is 13.5. The molecule has 5 rings (SSSR count). The minimum Gasteiger partial charge on any atom is -0.497 e. The normalized spacial score (nSPS) is 20.6. The van der Waals surface area contributed by atoms with Crippen LogP contribution in [0.5, 0.6) is 11.5 Å². The van der Waals surface area contributed by atoms with Crippen molar-refractivity contribution >= 4 is 15.7 Å². The first-order valence-electron chi connectivity index (χ1n) is 15.4. The highest BCUT2D eigenvalue weighted by atomic mass is 32.2. The second kappa shape index (κ2) is 14.8. The topological polar surface area (TPSA) is 104 Å². The largest absolute Gasteiger partial charge is 0.497 e. The van der Waals surface area contributed by atoms with E-state index >= 15 is 0 Å². The molecule has 2 N–H and O–H groups in total. The molecular weight excluding hydrogens is 578 g/mol. The van der Waals surface area contributed by atoms with E-state index in [1.54, 1.807) is 30.7 Å². The lowest BCUT2D eigenvalue weighted by atomic mass is 9.83. The third-order valence-electron chi connectivity index (χ3n) is 8.64. The number of sulfonamides is 1. The van der Waals surface area contributed by atoms with Gasteiger partial charge in [0.05, 0.1) is 36.9 Å². The van der Waals surface area contributed by atoms with Crippen LogP contribution >= 0.6 is 0 Å². The maximum absolute atomic E-state index is 14.0. The van der Waals surface area contributed by atoms with Crippen molar-refractivity contribution in [2.24, 2.45) is 5.73 Å². The molecule has 9 nitrogen and oxygen atoms in total. The van der Waals surface area contributed by atoms with Crippen LogP contribution in [0, 0.1) is 6.92 Å². The Morgan fingerprint density at radius 2 is 1.80 bits per heavy atom. The molecule has 0 aromatic heterocycles. The second-order valence-electron chi connectivity index (χ2n) is 11.6. The average Bonchev–Trinajstić information content (AvgIpc) is 3.04. The predicted octanol–water partition coefficient (Wildman–Crippen LogP) is 4.72. The van der Waals surface area contributed by atoms with E-state index in [1.165, 1.54) is 0 Å². The third kappa shape index (κ3) is 7.38. The summed E-state index contributed by atoms with van der Waals surface area (Å²) in [5.74, 6) is 1.62. The number of nitrogens with zero attached hydrogens (tertiary/aromatic N) is 2. The summed E-state index contributed by atoms with van der Waals surface area (Å²) >= 11 is 0. The van der Waals surface area contributed by atoms with Crippen molar-refractivity contribution in [1.29, 1.82) is 0 Å². The summed E-state index contributed by atoms with van der Waals surface area (Å²) in [5.41, 5.74) is 10.2. The molecule has 3 aromatic carbocycles. The number of methoxy groups -OCH3 is 2. The van der Waals surface area contributed by atoms with E-state index < -0.39 is 10.0 Å². The minimum absolute atomic E-state index is 0.0200. The fourth-order valence-corrected chi connectivity index (χ4v) is 7.90. The number of rotatable bonds is 13. The molecule has 0 radical (unpaired) electrons. The van der Waals surface area contributed by atoms with Crippen molar-refractivity contribution in [1.82, 2.24) is 4.31 Å². The molecule has 0 saturated carbocycles. The zero-order chi connectivity index (χ0) is 31.1. The zero-order valence-corrected chi connectivity index (χ0v) is 26.8. The molecule has 238 valence electrons. The van der Waals surface area contributed by atoms with Crippen LogP contribution in [-0.2, 0) is 26.1 Å². The Labute approximate surface area is 261 Å². The SMILES string of the molecule is COCCCN1CCOc2ccc(CO[C@H]3CN(S(=O)(=O)c4ccc(C)cc4)[C@@H](CCN)C[C@@H]3c3ccc(OC)cc3)cc21. The van der Waals surface area contributed by atoms with Crippen LogP contribution in [0.15, 0.2) is 71.6 Å². The van der Waals surface area contributed by atoms with Crippen LogP contribution in [0.2, 0.25) is 0 Å². The van der Waals surface area contributed by atoms with E-state index in [0.717, 1.165) is 53.4 Å². The molecule has 2 aliphatic rings. The van der Waals surface area contributed by atoms with Gasteiger partial charge in [0, 0.05) is 38.8 Å². The Morgan fingerprint density at radius 3 is 2.50 bits per heavy atom. The Bertz CT molecular complexity index is 1470. The maximum atomic E-state index is 14.0. The van der Waals surface area contributed by atoms with Crippen molar-refractivity contribution < 1.29 is 27.4 Å². The van der Waals surface area contributed by atoms with Crippen LogP contribution in [0.3, 0.4) is 0 Å². The van der Waals surface area contributed by atoms with Gasteiger partial charge in [-0.2, -0.15) is 4.31 Å². The summed E-state index contributed by atoms with van der Waals surface area (Å²) in [7, 11) is -0.400. The van der Waals surface area contributed by atoms with Crippen molar-refractivity contribution in [3.8, 4) is 11.5 Å². The molecule has 1 fully saturated rings. The molecule has 0 unspecified atom stereocenters. The van der Waals surface area contributed by atoms with Crippen molar-refractivity contribution in [2.75, 3.05) is 58.5 Å². The monoisotopic (exact) mass is 623 g/mol. The molecular formula is C34H45N3O6S. The lowest BCUT2D eigenvalue weighted by Crippen LogP contribution is -2.52. The first-order valence-corrected chi connectivity index (χ1v) is 16.8. The highest BCUT2D eigenvalue weighted by Gasteiger charge is 2.42. The number of aryl methyl sites for hydroxylation is 1. The van der Waals surface area contributed by atoms with E-state index in [1.807, 2.05) is 43.3 Å². The molecule has 3 atom stereocenters. The number of nitrogens with two attached hydrogens (primary N) is 1. The lowest BCUT2D eigenvalue weighted by Gasteiger charge is -2.43. The highest BCUT2D eigenvalue weighted by molar-refractivity contribution is 7.89. The van der Waals surface area contributed by atoms with Gasteiger partial charge in [0.1, 0.15) is 18.1 Å². The number of benzene rings is 3. The Morgan fingerprint density at radius 1 is 1.02 bits per heavy atom. The van der Waals surface area contributed by atoms with E-state index in [2.05, 4.69) is 23.1 Å². The van der Waals surface area contributed by atoms with Crippen LogP contribution in [0.25, 0.3) is 0 Å². The minimum atomic E-state index is -3.77. The lowest BCUT2D eigenvalue weighted by molar-refractivity contribution is -0.0205. The van der Waals surface area contributed by atoms with E-state index in [4.69, 9.17) is 24.7 Å². The number of hydrogen-bond acceptors (Lipinski definition) is 8. The molecule has 1 saturated heterocycles. The van der Waals surface area contributed by atoms with Crippen LogP contribution in [-0.4, -0.2) is 78.5 Å². The average molecular weight is 624 g/mol. The summed E-state index contributed by atoms with van der Waals surface area (Å²) in [6.45, 7) is 5.97. The Hall–Kier alpha value is -3.15. The predicted molar refractivity (Wildman–Crippen MR) is 172 cm³/mol. The smallest absolute Gasteiger partial charge is 0.243 e. The Kier molecular flexibility index (Phi) is 10.8. The van der Waals surface area contributed by atoms with Crippen LogP contribution in [0.4, 0.5) is 5.69 Å². The molecule has 2 heterocycles. The van der Waals surface area contributed by atoms with Gasteiger partial charge in [0.2, 0.25) is 10.0 Å². The van der Waals surface area contributed by atoms with Crippen molar-refractivity contribution in [2.45, 2.75) is 55.8 Å². The molecule has 0 aliphatic carbocycles. The highest BCUT2D eigenvalue weighted by Crippen LogP contribution is 2.39. The van der Waals surface area contributed by atoms with Crippen LogP contribution < -0.4 is 20.1 Å². The quantitative estimate of drug-likeness (QED) is 0.273. The van der Waals surface area contributed by atoms with Gasteiger partial charge in [-0.15, -0.1) is 0 Å². The number of anilines is 1. The number of hydrogen-bond donors (Lipinski definition) is 1. The van der Waals surface area contributed by atoms with Gasteiger partial charge in [-0.1, -0.05) is 35.9 Å². The molecule has 0 spiro atoms. The van der Waals surface area contributed by atoms with E-state index in [0.29, 0.717) is 39.2 Å². The van der Waals surface area contributed by atoms with Gasteiger partial charge in [0.15, 0.2) is 0 Å². The number of ether oxygens (including phenoxy) is 4. The molecule has 10 heteroatoms. The zero-order valence-electron chi connectivity index (χ0n) is 26.0. The van der Waals surface area contributed by atoms with Crippen molar-refractivity contribution in [3.63, 3.8) is 0 Å². The van der Waals surface area contributed by atoms with Gasteiger partial charge in [-0.05, 0) is 80.3 Å². The molecule has 44 heavy (non-hydrogen) atoms. The summed E-state index contributed by atoms with van der Waals surface area (Å²) < 4.78 is 52.9. The number of piperidine rings is 1. The third-order valence-corrected chi connectivity index (χ3v) is 10.6. The van der Waals surface area contributed by atoms with Gasteiger partial charge in [0.25, 0.3) is 0 Å². The molecule has 3 aromatic rings. The van der Waals surface area contributed by atoms with Gasteiger partial charge >= 0.3 is 0 Å². The fourth-order valence-electron chi connectivity index (χ4n) is 6.22. The van der Waals surface area contributed by atoms with Gasteiger partial charge < -0.3 is 29.6 Å². The van der Waals surface area contributed by atoms with Crippen LogP contribution in [0.1, 0.15) is 41.9 Å². The summed E-state index contributed by atoms with van der Waals surface area (Å²) in [4.78, 5) is 2.62. The van der Waals surface area contributed by atoms with Gasteiger partial charge in [-0.25, -0.2) is 8.42 Å². The summed E-state index contributed by atoms with van der Waals surface area (Å²) in [6.07, 6.45) is 1.72. The number of fused-ring (bicyclic) bond motifs is 1. The molecule has 0 bridgehead atoms. The fraction of sp³-hybridized carbons (Fsp3) is 0.471. The molecule has 0 amide bonds. The first-order chi connectivity index (χ1) is 21.3. The summed E-state index contributed by atoms with van der Waals surface area (Å²) in [6, 6.07) is 20.9. The first kappa shape index (κ1) is 32.2. The van der Waals surface area contributed by atoms with Crippen molar-refractivity contribution in [3.05, 3.63) is 83.4 Å². The Balaban J connectivity index is 1.42. The van der Waals surface area contributed by atoms with Gasteiger partial charge in [-0.3, -0.25) is 0 Å². The molecule has 2 aliphatic heterocycles. The standard InChI is InChI=1S/C34H45N3O6S/c1-25-5-12-30(13-6-25)44(38,39)37-23-34(31(22-28(37)15-16-35)27-8-10-29(41-3)11-9-27)43-24-26-7-14-33-32(21-26)36(18-20-42-33)17-4-19-40-2/h5-14,21,28,31,34H,4,15-20,22-24,35H2,1-3H3/t28-,31+,34-/m0/s1. The maximum Gasteiger partial charge on any atom is 0.243 e.